The first-order valence-corrected chi connectivity index (χ1v) is 8.41. The van der Waals surface area contributed by atoms with Crippen molar-refractivity contribution in [2.45, 2.75) is 6.61 Å². The minimum atomic E-state index is -0.736. The zero-order chi connectivity index (χ0) is 18.8. The number of rotatable bonds is 4. The van der Waals surface area contributed by atoms with Gasteiger partial charge in [-0.2, -0.15) is 0 Å². The van der Waals surface area contributed by atoms with Gasteiger partial charge in [0, 0.05) is 11.5 Å². The van der Waals surface area contributed by atoms with Crippen LogP contribution in [-0.4, -0.2) is 13.1 Å². The fourth-order valence-electron chi connectivity index (χ4n) is 3.01. The van der Waals surface area contributed by atoms with Crippen LogP contribution < -0.4 is 10.4 Å². The predicted molar refractivity (Wildman–Crippen MR) is 102 cm³/mol. The Bertz CT molecular complexity index is 1200. The first-order chi connectivity index (χ1) is 13.2. The zero-order valence-electron chi connectivity index (χ0n) is 14.6. The molecule has 0 aliphatic heterocycles. The summed E-state index contributed by atoms with van der Waals surface area (Å²) < 4.78 is 15.7. The van der Waals surface area contributed by atoms with E-state index in [1.165, 1.54) is 13.2 Å². The number of carbonyl (C=O) groups excluding carboxylic acids is 1. The lowest BCUT2D eigenvalue weighted by molar-refractivity contribution is 0.0596. The molecule has 0 atom stereocenters. The molecule has 0 saturated heterocycles. The number of ether oxygens (including phenoxy) is 2. The Kier molecular flexibility index (Phi) is 4.34. The summed E-state index contributed by atoms with van der Waals surface area (Å²) in [6, 6.07) is 20.8. The first-order valence-electron chi connectivity index (χ1n) is 8.41. The molecule has 0 amide bonds. The summed E-state index contributed by atoms with van der Waals surface area (Å²) in [7, 11) is 1.22. The SMILES string of the molecule is COC(=O)c1cc2ccc(OCc3cccc4ccccc34)cc2oc1=O. The molecule has 5 heteroatoms. The molecular formula is C22H16O5. The van der Waals surface area contributed by atoms with Gasteiger partial charge < -0.3 is 13.9 Å². The average molecular weight is 360 g/mol. The van der Waals surface area contributed by atoms with Gasteiger partial charge in [0.05, 0.1) is 7.11 Å². The van der Waals surface area contributed by atoms with Crippen molar-refractivity contribution in [1.29, 1.82) is 0 Å². The third-order valence-electron chi connectivity index (χ3n) is 4.39. The maximum absolute atomic E-state index is 12.0. The molecule has 0 unspecified atom stereocenters. The van der Waals surface area contributed by atoms with Crippen LogP contribution in [0, 0.1) is 0 Å². The van der Waals surface area contributed by atoms with Crippen LogP contribution in [0.5, 0.6) is 5.75 Å². The third kappa shape index (κ3) is 3.27. The fourth-order valence-corrected chi connectivity index (χ4v) is 3.01. The zero-order valence-corrected chi connectivity index (χ0v) is 14.6. The Morgan fingerprint density at radius 2 is 1.78 bits per heavy atom. The van der Waals surface area contributed by atoms with E-state index in [0.29, 0.717) is 23.3 Å². The summed E-state index contributed by atoms with van der Waals surface area (Å²) in [5.74, 6) is -0.147. The van der Waals surface area contributed by atoms with E-state index in [2.05, 4.69) is 22.9 Å². The van der Waals surface area contributed by atoms with Gasteiger partial charge >= 0.3 is 11.6 Å². The van der Waals surface area contributed by atoms with Gasteiger partial charge in [0.15, 0.2) is 0 Å². The normalized spacial score (nSPS) is 10.9. The van der Waals surface area contributed by atoms with Crippen LogP contribution in [0.15, 0.2) is 75.9 Å². The molecule has 0 aliphatic carbocycles. The molecule has 27 heavy (non-hydrogen) atoms. The van der Waals surface area contributed by atoms with Crippen molar-refractivity contribution in [3.05, 3.63) is 88.3 Å². The lowest BCUT2D eigenvalue weighted by Crippen LogP contribution is -2.14. The highest BCUT2D eigenvalue weighted by atomic mass is 16.5. The number of fused-ring (bicyclic) bond motifs is 2. The highest BCUT2D eigenvalue weighted by Gasteiger charge is 2.14. The Morgan fingerprint density at radius 1 is 0.963 bits per heavy atom. The Morgan fingerprint density at radius 3 is 2.63 bits per heavy atom. The fraction of sp³-hybridized carbons (Fsp3) is 0.0909. The number of benzene rings is 3. The molecule has 0 saturated carbocycles. The van der Waals surface area contributed by atoms with Gasteiger partial charge in [-0.25, -0.2) is 9.59 Å². The van der Waals surface area contributed by atoms with Crippen molar-refractivity contribution in [2.75, 3.05) is 7.11 Å². The van der Waals surface area contributed by atoms with Gasteiger partial charge in [-0.05, 0) is 34.5 Å². The second kappa shape index (κ2) is 6.96. The van der Waals surface area contributed by atoms with Crippen LogP contribution in [0.4, 0.5) is 0 Å². The Hall–Kier alpha value is -3.60. The number of methoxy groups -OCH3 is 1. The molecule has 0 fully saturated rings. The molecule has 0 aliphatic rings. The minimum Gasteiger partial charge on any atom is -0.489 e. The van der Waals surface area contributed by atoms with Crippen molar-refractivity contribution in [2.24, 2.45) is 0 Å². The topological polar surface area (TPSA) is 65.7 Å². The highest BCUT2D eigenvalue weighted by Crippen LogP contribution is 2.24. The maximum atomic E-state index is 12.0. The minimum absolute atomic E-state index is 0.130. The summed E-state index contributed by atoms with van der Waals surface area (Å²) in [4.78, 5) is 23.6. The van der Waals surface area contributed by atoms with E-state index < -0.39 is 11.6 Å². The van der Waals surface area contributed by atoms with Gasteiger partial charge in [0.1, 0.15) is 23.5 Å². The first kappa shape index (κ1) is 16.8. The monoisotopic (exact) mass is 360 g/mol. The molecule has 0 N–H and O–H groups in total. The van der Waals surface area contributed by atoms with Crippen LogP contribution in [0.1, 0.15) is 15.9 Å². The molecule has 4 aromatic rings. The molecule has 1 aromatic heterocycles. The van der Waals surface area contributed by atoms with Gasteiger partial charge in [0.25, 0.3) is 0 Å². The van der Waals surface area contributed by atoms with Crippen LogP contribution in [0.2, 0.25) is 0 Å². The molecule has 1 heterocycles. The number of carbonyl (C=O) groups is 1. The molecule has 5 nitrogen and oxygen atoms in total. The molecule has 0 bridgehead atoms. The second-order valence-electron chi connectivity index (χ2n) is 6.07. The lowest BCUT2D eigenvalue weighted by atomic mass is 10.1. The summed E-state index contributed by atoms with van der Waals surface area (Å²) >= 11 is 0. The Labute approximate surface area is 154 Å². The summed E-state index contributed by atoms with van der Waals surface area (Å²) in [5, 5.41) is 2.90. The molecule has 3 aromatic carbocycles. The quantitative estimate of drug-likeness (QED) is 0.401. The van der Waals surface area contributed by atoms with Crippen LogP contribution in [0.3, 0.4) is 0 Å². The predicted octanol–water partition coefficient (Wildman–Crippen LogP) is 4.31. The van der Waals surface area contributed by atoms with Crippen LogP contribution >= 0.6 is 0 Å². The highest BCUT2D eigenvalue weighted by molar-refractivity contribution is 5.93. The molecule has 4 rings (SSSR count). The maximum Gasteiger partial charge on any atom is 0.351 e. The van der Waals surface area contributed by atoms with Crippen molar-refractivity contribution in [3.63, 3.8) is 0 Å². The number of esters is 1. The number of hydrogen-bond donors (Lipinski definition) is 0. The van der Waals surface area contributed by atoms with Crippen LogP contribution in [-0.2, 0) is 11.3 Å². The standard InChI is InChI=1S/C22H16O5/c1-25-21(23)19-11-15-9-10-17(12-20(15)27-22(19)24)26-13-16-7-4-6-14-5-2-3-8-18(14)16/h2-12H,13H2,1H3. The van der Waals surface area contributed by atoms with Gasteiger partial charge in [-0.1, -0.05) is 42.5 Å². The van der Waals surface area contributed by atoms with Crippen molar-refractivity contribution in [1.82, 2.24) is 0 Å². The van der Waals surface area contributed by atoms with E-state index >= 15 is 0 Å². The van der Waals surface area contributed by atoms with Crippen molar-refractivity contribution >= 4 is 27.7 Å². The van der Waals surface area contributed by atoms with E-state index in [4.69, 9.17) is 9.15 Å². The largest absolute Gasteiger partial charge is 0.489 e. The lowest BCUT2D eigenvalue weighted by Gasteiger charge is -2.10. The van der Waals surface area contributed by atoms with Gasteiger partial charge in [0.2, 0.25) is 0 Å². The van der Waals surface area contributed by atoms with Gasteiger partial charge in [-0.15, -0.1) is 0 Å². The van der Waals surface area contributed by atoms with Gasteiger partial charge in [-0.3, -0.25) is 0 Å². The van der Waals surface area contributed by atoms with E-state index in [-0.39, 0.29) is 5.56 Å². The second-order valence-corrected chi connectivity index (χ2v) is 6.07. The summed E-state index contributed by atoms with van der Waals surface area (Å²) in [6.45, 7) is 0.386. The number of hydrogen-bond acceptors (Lipinski definition) is 5. The van der Waals surface area contributed by atoms with E-state index in [1.807, 2.05) is 24.3 Å². The van der Waals surface area contributed by atoms with E-state index in [9.17, 15) is 9.59 Å². The van der Waals surface area contributed by atoms with Crippen LogP contribution in [0.25, 0.3) is 21.7 Å². The smallest absolute Gasteiger partial charge is 0.351 e. The third-order valence-corrected chi connectivity index (χ3v) is 4.39. The molecular weight excluding hydrogens is 344 g/mol. The summed E-state index contributed by atoms with van der Waals surface area (Å²) in [6.07, 6.45) is 0. The Balaban J connectivity index is 1.63. The van der Waals surface area contributed by atoms with E-state index in [1.54, 1.807) is 18.2 Å². The summed E-state index contributed by atoms with van der Waals surface area (Å²) in [5.41, 5.74) is 0.550. The molecule has 0 radical (unpaired) electrons. The molecule has 0 spiro atoms. The van der Waals surface area contributed by atoms with Crippen molar-refractivity contribution in [3.8, 4) is 5.75 Å². The van der Waals surface area contributed by atoms with E-state index in [0.717, 1.165) is 16.3 Å². The van der Waals surface area contributed by atoms with Crippen molar-refractivity contribution < 1.29 is 18.7 Å². The average Bonchev–Trinajstić information content (AvgIpc) is 2.71. The molecule has 134 valence electrons.